The molecule has 0 N–H and O–H groups in total. The first-order valence-electron chi connectivity index (χ1n) is 8.01. The number of allylic oxidation sites excluding steroid dienone is 1. The highest BCUT2D eigenvalue weighted by Gasteiger charge is 2.17. The van der Waals surface area contributed by atoms with Gasteiger partial charge in [0.05, 0.1) is 7.11 Å². The molecule has 132 valence electrons. The summed E-state index contributed by atoms with van der Waals surface area (Å²) in [6, 6.07) is 12.1. The van der Waals surface area contributed by atoms with Crippen molar-refractivity contribution in [2.75, 3.05) is 26.9 Å². The summed E-state index contributed by atoms with van der Waals surface area (Å²) >= 11 is 0. The van der Waals surface area contributed by atoms with E-state index in [4.69, 9.17) is 24.2 Å². The smallest absolute Gasteiger partial charge is 0.203 e. The molecule has 1 aliphatic heterocycles. The SMILES string of the molecule is COc1cc(/C=C/C(=O)c2ccc(OCC#N)cc2)cc2c1OCCO2. The maximum atomic E-state index is 12.3. The van der Waals surface area contributed by atoms with Crippen molar-refractivity contribution in [3.05, 3.63) is 53.6 Å². The summed E-state index contributed by atoms with van der Waals surface area (Å²) in [6.45, 7) is 0.923. The largest absolute Gasteiger partial charge is 0.493 e. The zero-order valence-electron chi connectivity index (χ0n) is 14.2. The second-order valence-corrected chi connectivity index (χ2v) is 5.42. The molecule has 0 fully saturated rings. The summed E-state index contributed by atoms with van der Waals surface area (Å²) in [5, 5.41) is 8.50. The van der Waals surface area contributed by atoms with E-state index in [1.165, 1.54) is 6.08 Å². The Labute approximate surface area is 151 Å². The minimum absolute atomic E-state index is 0.0286. The number of hydrogen-bond donors (Lipinski definition) is 0. The number of fused-ring (bicyclic) bond motifs is 1. The summed E-state index contributed by atoms with van der Waals surface area (Å²) in [6.07, 6.45) is 3.18. The second-order valence-electron chi connectivity index (χ2n) is 5.42. The number of nitriles is 1. The minimum Gasteiger partial charge on any atom is -0.493 e. The Kier molecular flexibility index (Phi) is 5.40. The molecule has 0 unspecified atom stereocenters. The molecule has 0 radical (unpaired) electrons. The van der Waals surface area contributed by atoms with Crippen molar-refractivity contribution < 1.29 is 23.7 Å². The van der Waals surface area contributed by atoms with Crippen molar-refractivity contribution in [1.29, 1.82) is 5.26 Å². The van der Waals surface area contributed by atoms with Crippen LogP contribution in [0, 0.1) is 11.3 Å². The van der Waals surface area contributed by atoms with Crippen molar-refractivity contribution in [2.45, 2.75) is 0 Å². The number of benzene rings is 2. The van der Waals surface area contributed by atoms with E-state index in [9.17, 15) is 4.79 Å². The minimum atomic E-state index is -0.148. The van der Waals surface area contributed by atoms with Gasteiger partial charge in [0.25, 0.3) is 0 Å². The third-order valence-electron chi connectivity index (χ3n) is 3.72. The van der Waals surface area contributed by atoms with E-state index < -0.39 is 0 Å². The lowest BCUT2D eigenvalue weighted by molar-refractivity contribution is 0.104. The number of rotatable bonds is 6. The van der Waals surface area contributed by atoms with Gasteiger partial charge in [-0.1, -0.05) is 6.08 Å². The van der Waals surface area contributed by atoms with Crippen LogP contribution in [0.3, 0.4) is 0 Å². The van der Waals surface area contributed by atoms with Crippen LogP contribution in [-0.4, -0.2) is 32.7 Å². The Hall–Kier alpha value is -3.46. The molecule has 6 nitrogen and oxygen atoms in total. The van der Waals surface area contributed by atoms with Crippen molar-refractivity contribution in [3.8, 4) is 29.1 Å². The average Bonchev–Trinajstić information content (AvgIpc) is 2.70. The van der Waals surface area contributed by atoms with Gasteiger partial charge in [-0.25, -0.2) is 0 Å². The van der Waals surface area contributed by atoms with Crippen molar-refractivity contribution in [1.82, 2.24) is 0 Å². The molecule has 1 heterocycles. The summed E-state index contributed by atoms with van der Waals surface area (Å²) in [5.41, 5.74) is 1.29. The van der Waals surface area contributed by atoms with Crippen LogP contribution < -0.4 is 18.9 Å². The molecule has 2 aromatic rings. The number of ether oxygens (including phenoxy) is 4. The second kappa shape index (κ2) is 8.08. The Morgan fingerprint density at radius 1 is 1.23 bits per heavy atom. The van der Waals surface area contributed by atoms with Crippen LogP contribution in [0.25, 0.3) is 6.08 Å². The maximum absolute atomic E-state index is 12.3. The monoisotopic (exact) mass is 351 g/mol. The van der Waals surface area contributed by atoms with Gasteiger partial charge in [0.15, 0.2) is 23.9 Å². The zero-order chi connectivity index (χ0) is 18.4. The number of carbonyl (C=O) groups excluding carboxylic acids is 1. The molecule has 0 bridgehead atoms. The molecule has 3 rings (SSSR count). The third-order valence-corrected chi connectivity index (χ3v) is 3.72. The van der Waals surface area contributed by atoms with Crippen LogP contribution in [0.4, 0.5) is 0 Å². The number of methoxy groups -OCH3 is 1. The predicted molar refractivity (Wildman–Crippen MR) is 94.9 cm³/mol. The van der Waals surface area contributed by atoms with Crippen LogP contribution in [0.15, 0.2) is 42.5 Å². The first-order chi connectivity index (χ1) is 12.7. The Morgan fingerprint density at radius 3 is 2.73 bits per heavy atom. The van der Waals surface area contributed by atoms with E-state index in [0.717, 1.165) is 5.56 Å². The fraction of sp³-hybridized carbons (Fsp3) is 0.200. The lowest BCUT2D eigenvalue weighted by Crippen LogP contribution is -2.16. The van der Waals surface area contributed by atoms with E-state index in [1.807, 2.05) is 6.07 Å². The zero-order valence-corrected chi connectivity index (χ0v) is 14.2. The van der Waals surface area contributed by atoms with Gasteiger partial charge in [-0.15, -0.1) is 0 Å². The van der Waals surface area contributed by atoms with Gasteiger partial charge in [-0.05, 0) is 48.0 Å². The predicted octanol–water partition coefficient (Wildman–Crippen LogP) is 3.26. The highest BCUT2D eigenvalue weighted by molar-refractivity contribution is 6.06. The molecule has 2 aromatic carbocycles. The molecule has 6 heteroatoms. The first-order valence-corrected chi connectivity index (χ1v) is 8.01. The normalized spacial score (nSPS) is 12.5. The topological polar surface area (TPSA) is 77.8 Å². The van der Waals surface area contributed by atoms with Gasteiger partial charge in [0.2, 0.25) is 5.75 Å². The fourth-order valence-corrected chi connectivity index (χ4v) is 2.49. The standard InChI is InChI=1S/C20H17NO5/c1-23-18-12-14(13-19-20(18)26-11-10-25-19)2-7-17(22)15-3-5-16(6-4-15)24-9-8-21/h2-7,12-13H,9-11H2,1H3/b7-2+. The lowest BCUT2D eigenvalue weighted by atomic mass is 10.1. The van der Waals surface area contributed by atoms with Gasteiger partial charge in [0.1, 0.15) is 25.0 Å². The van der Waals surface area contributed by atoms with E-state index in [1.54, 1.807) is 49.6 Å². The molecular weight excluding hydrogens is 334 g/mol. The molecule has 0 aliphatic carbocycles. The summed E-state index contributed by atoms with van der Waals surface area (Å²) in [7, 11) is 1.56. The number of hydrogen-bond acceptors (Lipinski definition) is 6. The van der Waals surface area contributed by atoms with E-state index >= 15 is 0 Å². The van der Waals surface area contributed by atoms with E-state index in [-0.39, 0.29) is 12.4 Å². The quantitative estimate of drug-likeness (QED) is 0.587. The highest BCUT2D eigenvalue weighted by Crippen LogP contribution is 2.40. The van der Waals surface area contributed by atoms with Gasteiger partial charge in [0, 0.05) is 5.56 Å². The van der Waals surface area contributed by atoms with Gasteiger partial charge < -0.3 is 18.9 Å². The van der Waals surface area contributed by atoms with Gasteiger partial charge >= 0.3 is 0 Å². The number of ketones is 1. The van der Waals surface area contributed by atoms with Crippen LogP contribution in [0.5, 0.6) is 23.0 Å². The van der Waals surface area contributed by atoms with Crippen molar-refractivity contribution in [3.63, 3.8) is 0 Å². The highest BCUT2D eigenvalue weighted by atomic mass is 16.6. The number of carbonyl (C=O) groups is 1. The third kappa shape index (κ3) is 3.95. The molecule has 0 atom stereocenters. The first kappa shape index (κ1) is 17.4. The van der Waals surface area contributed by atoms with Crippen LogP contribution in [0.2, 0.25) is 0 Å². The summed E-state index contributed by atoms with van der Waals surface area (Å²) < 4.78 is 21.6. The van der Waals surface area contributed by atoms with Gasteiger partial charge in [-0.2, -0.15) is 5.26 Å². The maximum Gasteiger partial charge on any atom is 0.203 e. The Morgan fingerprint density at radius 2 is 2.00 bits per heavy atom. The van der Waals surface area contributed by atoms with Crippen molar-refractivity contribution >= 4 is 11.9 Å². The Balaban J connectivity index is 1.75. The Bertz CT molecular complexity index is 848. The van der Waals surface area contributed by atoms with E-state index in [0.29, 0.717) is 41.8 Å². The van der Waals surface area contributed by atoms with Crippen LogP contribution >= 0.6 is 0 Å². The molecule has 0 spiro atoms. The summed E-state index contributed by atoms with van der Waals surface area (Å²) in [4.78, 5) is 12.3. The molecule has 0 aromatic heterocycles. The van der Waals surface area contributed by atoms with Crippen LogP contribution in [-0.2, 0) is 0 Å². The lowest BCUT2D eigenvalue weighted by Gasteiger charge is -2.20. The average molecular weight is 351 g/mol. The van der Waals surface area contributed by atoms with E-state index in [2.05, 4.69) is 0 Å². The van der Waals surface area contributed by atoms with Crippen LogP contribution in [0.1, 0.15) is 15.9 Å². The molecule has 0 saturated heterocycles. The number of nitrogens with zero attached hydrogens (tertiary/aromatic N) is 1. The fourth-order valence-electron chi connectivity index (χ4n) is 2.49. The summed E-state index contributed by atoms with van der Waals surface area (Å²) in [5.74, 6) is 2.14. The molecule has 0 saturated carbocycles. The molecule has 0 amide bonds. The van der Waals surface area contributed by atoms with Crippen molar-refractivity contribution in [2.24, 2.45) is 0 Å². The molecule has 1 aliphatic rings. The molecular formula is C20H17NO5. The molecule has 26 heavy (non-hydrogen) atoms. The van der Waals surface area contributed by atoms with Gasteiger partial charge in [-0.3, -0.25) is 4.79 Å².